The first kappa shape index (κ1) is 23.1. The number of aliphatic carboxylic acids is 1. The van der Waals surface area contributed by atoms with Gasteiger partial charge in [0.25, 0.3) is 0 Å². The Morgan fingerprint density at radius 3 is 2.38 bits per heavy atom. The first-order valence-electron chi connectivity index (χ1n) is 10.4. The highest BCUT2D eigenvalue weighted by molar-refractivity contribution is 5.78. The lowest BCUT2D eigenvalue weighted by Crippen LogP contribution is -2.32. The molecule has 3 rings (SSSR count). The van der Waals surface area contributed by atoms with Gasteiger partial charge in [0.15, 0.2) is 6.10 Å². The third kappa shape index (κ3) is 4.85. The zero-order valence-corrected chi connectivity index (χ0v) is 18.9. The van der Waals surface area contributed by atoms with Gasteiger partial charge >= 0.3 is 5.97 Å². The molecule has 5 nitrogen and oxygen atoms in total. The van der Waals surface area contributed by atoms with Crippen LogP contribution < -0.4 is 9.64 Å². The van der Waals surface area contributed by atoms with Gasteiger partial charge in [0, 0.05) is 30.3 Å². The van der Waals surface area contributed by atoms with E-state index < -0.39 is 12.1 Å². The van der Waals surface area contributed by atoms with Gasteiger partial charge in [-0.25, -0.2) is 9.18 Å². The van der Waals surface area contributed by atoms with Crippen LogP contribution in [0.2, 0.25) is 0 Å². The molecule has 32 heavy (non-hydrogen) atoms. The lowest BCUT2D eigenvalue weighted by atomic mass is 10.0. The maximum absolute atomic E-state index is 13.7. The summed E-state index contributed by atoms with van der Waals surface area (Å²) in [5, 5.41) is 19.9. The smallest absolute Gasteiger partial charge is 0.345 e. The number of carbonyl (C=O) groups is 1. The van der Waals surface area contributed by atoms with Crippen LogP contribution in [0, 0.1) is 25.6 Å². The van der Waals surface area contributed by atoms with Crippen LogP contribution in [0.25, 0.3) is 11.1 Å². The predicted octanol–water partition coefficient (Wildman–Crippen LogP) is 6.07. The van der Waals surface area contributed by atoms with E-state index in [4.69, 9.17) is 4.74 Å². The summed E-state index contributed by atoms with van der Waals surface area (Å²) in [6, 6.07) is 14.9. The molecule has 0 saturated heterocycles. The molecule has 0 saturated carbocycles. The van der Waals surface area contributed by atoms with Gasteiger partial charge in [-0.05, 0) is 60.9 Å². The molecule has 0 aliphatic rings. The van der Waals surface area contributed by atoms with Gasteiger partial charge in [-0.15, -0.1) is 0 Å². The monoisotopic (exact) mass is 437 g/mol. The van der Waals surface area contributed by atoms with Gasteiger partial charge in [-0.1, -0.05) is 32.0 Å². The van der Waals surface area contributed by atoms with E-state index >= 15 is 0 Å². The molecule has 0 spiro atoms. The van der Waals surface area contributed by atoms with Crippen molar-refractivity contribution in [2.24, 2.45) is 5.92 Å². The lowest BCUT2D eigenvalue weighted by Gasteiger charge is -2.27. The number of aromatic hydroxyl groups is 1. The summed E-state index contributed by atoms with van der Waals surface area (Å²) in [4.78, 5) is 13.5. The van der Waals surface area contributed by atoms with Gasteiger partial charge in [0.05, 0.1) is 5.69 Å². The van der Waals surface area contributed by atoms with Crippen molar-refractivity contribution in [1.82, 2.24) is 0 Å². The van der Waals surface area contributed by atoms with Crippen molar-refractivity contribution >= 4 is 17.3 Å². The van der Waals surface area contributed by atoms with Crippen LogP contribution in [-0.4, -0.2) is 29.3 Å². The van der Waals surface area contributed by atoms with Crippen molar-refractivity contribution in [2.45, 2.75) is 33.8 Å². The Labute approximate surface area is 187 Å². The maximum Gasteiger partial charge on any atom is 0.345 e. The Hall–Kier alpha value is -3.54. The Balaban J connectivity index is 2.04. The molecule has 0 amide bonds. The van der Waals surface area contributed by atoms with Crippen molar-refractivity contribution in [3.05, 3.63) is 71.5 Å². The van der Waals surface area contributed by atoms with E-state index in [1.807, 2.05) is 37.9 Å². The van der Waals surface area contributed by atoms with Crippen molar-refractivity contribution in [3.8, 4) is 22.6 Å². The average Bonchev–Trinajstić information content (AvgIpc) is 2.72. The van der Waals surface area contributed by atoms with Crippen molar-refractivity contribution in [1.29, 1.82) is 0 Å². The molecule has 2 N–H and O–H groups in total. The zero-order chi connectivity index (χ0) is 23.6. The summed E-state index contributed by atoms with van der Waals surface area (Å²) >= 11 is 0. The van der Waals surface area contributed by atoms with E-state index in [9.17, 15) is 19.4 Å². The fourth-order valence-electron chi connectivity index (χ4n) is 3.82. The van der Waals surface area contributed by atoms with Crippen molar-refractivity contribution < 1.29 is 24.1 Å². The quantitative estimate of drug-likeness (QED) is 0.469. The number of hydrogen-bond acceptors (Lipinski definition) is 4. The number of halogens is 1. The highest BCUT2D eigenvalue weighted by atomic mass is 19.1. The number of anilines is 2. The number of rotatable bonds is 7. The zero-order valence-electron chi connectivity index (χ0n) is 18.9. The van der Waals surface area contributed by atoms with E-state index in [-0.39, 0.29) is 17.5 Å². The van der Waals surface area contributed by atoms with Crippen LogP contribution in [0.3, 0.4) is 0 Å². The number of phenols is 1. The van der Waals surface area contributed by atoms with E-state index in [1.54, 1.807) is 44.2 Å². The van der Waals surface area contributed by atoms with Gasteiger partial charge in [0.2, 0.25) is 0 Å². The predicted molar refractivity (Wildman–Crippen MR) is 124 cm³/mol. The van der Waals surface area contributed by atoms with Crippen LogP contribution in [0.15, 0.2) is 54.6 Å². The van der Waals surface area contributed by atoms with E-state index in [1.165, 1.54) is 12.1 Å². The molecule has 0 bridgehead atoms. The van der Waals surface area contributed by atoms with Crippen LogP contribution in [-0.2, 0) is 4.79 Å². The summed E-state index contributed by atoms with van der Waals surface area (Å²) in [5.74, 6) is -1.02. The highest BCUT2D eigenvalue weighted by Gasteiger charge is 2.25. The third-order valence-corrected chi connectivity index (χ3v) is 5.47. The highest BCUT2D eigenvalue weighted by Crippen LogP contribution is 2.38. The van der Waals surface area contributed by atoms with Crippen LogP contribution in [0.4, 0.5) is 15.8 Å². The molecule has 1 atom stereocenters. The van der Waals surface area contributed by atoms with Gasteiger partial charge in [-0.2, -0.15) is 0 Å². The Morgan fingerprint density at radius 1 is 1.03 bits per heavy atom. The molecule has 0 radical (unpaired) electrons. The molecule has 0 aliphatic carbocycles. The first-order valence-corrected chi connectivity index (χ1v) is 10.4. The van der Waals surface area contributed by atoms with Crippen LogP contribution in [0.5, 0.6) is 11.5 Å². The molecule has 168 valence electrons. The molecular weight excluding hydrogens is 409 g/mol. The second kappa shape index (κ2) is 9.30. The second-order valence-corrected chi connectivity index (χ2v) is 8.28. The minimum Gasteiger partial charge on any atom is -0.508 e. The molecule has 0 aromatic heterocycles. The molecule has 0 fully saturated rings. The van der Waals surface area contributed by atoms with E-state index in [0.29, 0.717) is 22.6 Å². The SMILES string of the molecule is Cc1ccc(OC(C(=O)O)C(C)C)c(C)c1N(C)c1cc(O)cc(-c2cccc(F)c2)c1. The molecular formula is C26H28FNO4. The van der Waals surface area contributed by atoms with Crippen LogP contribution in [0.1, 0.15) is 25.0 Å². The topological polar surface area (TPSA) is 70.0 Å². The van der Waals surface area contributed by atoms with Crippen molar-refractivity contribution in [3.63, 3.8) is 0 Å². The largest absolute Gasteiger partial charge is 0.508 e. The van der Waals surface area contributed by atoms with Gasteiger partial charge in [0.1, 0.15) is 17.3 Å². The Bertz CT molecular complexity index is 1140. The molecule has 3 aromatic carbocycles. The normalized spacial score (nSPS) is 12.0. The lowest BCUT2D eigenvalue weighted by molar-refractivity contribution is -0.147. The molecule has 0 aliphatic heterocycles. The number of aryl methyl sites for hydroxylation is 1. The Morgan fingerprint density at radius 2 is 1.75 bits per heavy atom. The summed E-state index contributed by atoms with van der Waals surface area (Å²) in [6.45, 7) is 7.44. The standard InChI is InChI=1S/C26H28FNO4/c1-15(2)25(26(30)31)32-23-10-9-16(3)24(17(23)4)28(5)21-12-19(13-22(29)14-21)18-7-6-8-20(27)11-18/h6-15,25,29H,1-5H3,(H,30,31). The Kier molecular flexibility index (Phi) is 6.72. The molecule has 6 heteroatoms. The van der Waals surface area contributed by atoms with Gasteiger partial charge < -0.3 is 19.8 Å². The fourth-order valence-corrected chi connectivity index (χ4v) is 3.82. The number of benzene rings is 3. The molecule has 0 heterocycles. The minimum atomic E-state index is -1.01. The number of phenolic OH excluding ortho intramolecular Hbond substituents is 1. The van der Waals surface area contributed by atoms with Gasteiger partial charge in [-0.3, -0.25) is 0 Å². The summed E-state index contributed by atoms with van der Waals surface area (Å²) in [7, 11) is 1.86. The second-order valence-electron chi connectivity index (χ2n) is 8.28. The number of carboxylic acid groups (broad SMARTS) is 1. The van der Waals surface area contributed by atoms with Crippen LogP contribution >= 0.6 is 0 Å². The third-order valence-electron chi connectivity index (χ3n) is 5.47. The number of ether oxygens (including phenoxy) is 1. The minimum absolute atomic E-state index is 0.0575. The number of nitrogens with zero attached hydrogens (tertiary/aromatic N) is 1. The average molecular weight is 438 g/mol. The molecule has 1 unspecified atom stereocenters. The number of hydrogen-bond donors (Lipinski definition) is 2. The first-order chi connectivity index (χ1) is 15.1. The fraction of sp³-hybridized carbons (Fsp3) is 0.269. The van der Waals surface area contributed by atoms with Crippen molar-refractivity contribution in [2.75, 3.05) is 11.9 Å². The summed E-state index contributed by atoms with van der Waals surface area (Å²) in [5.41, 5.74) is 4.62. The summed E-state index contributed by atoms with van der Waals surface area (Å²) in [6.07, 6.45) is -0.963. The molecule has 3 aromatic rings. The number of carboxylic acids is 1. The summed E-state index contributed by atoms with van der Waals surface area (Å²) < 4.78 is 19.6. The maximum atomic E-state index is 13.7. The van der Waals surface area contributed by atoms with E-state index in [0.717, 1.165) is 16.8 Å². The van der Waals surface area contributed by atoms with E-state index in [2.05, 4.69) is 0 Å².